The summed E-state index contributed by atoms with van der Waals surface area (Å²) in [7, 11) is 0. The molecule has 218 valence electrons. The molecular weight excluding hydrogens is 500 g/mol. The Morgan fingerprint density at radius 2 is 1.20 bits per heavy atom. The topological polar surface area (TPSA) is 76.7 Å². The van der Waals surface area contributed by atoms with E-state index in [9.17, 15) is 9.59 Å². The van der Waals surface area contributed by atoms with E-state index in [0.717, 1.165) is 39.8 Å². The van der Waals surface area contributed by atoms with Crippen LogP contribution in [0.3, 0.4) is 0 Å². The molecule has 0 bridgehead atoms. The summed E-state index contributed by atoms with van der Waals surface area (Å²) in [6.07, 6.45) is 0.821. The fourth-order valence-corrected chi connectivity index (χ4v) is 4.55. The van der Waals surface area contributed by atoms with E-state index >= 15 is 0 Å². The summed E-state index contributed by atoms with van der Waals surface area (Å²) >= 11 is 0. The van der Waals surface area contributed by atoms with Gasteiger partial charge in [-0.1, -0.05) is 93.1 Å². The maximum absolute atomic E-state index is 13.0. The first-order valence-electron chi connectivity index (χ1n) is 14.2. The summed E-state index contributed by atoms with van der Waals surface area (Å²) in [6, 6.07) is 15.9. The zero-order chi connectivity index (χ0) is 30.1. The predicted octanol–water partition coefficient (Wildman–Crippen LogP) is 8.57. The van der Waals surface area contributed by atoms with E-state index in [1.807, 2.05) is 104 Å². The number of nitrogens with one attached hydrogen (secondary N) is 2. The summed E-state index contributed by atoms with van der Waals surface area (Å²) in [5.41, 5.74) is 4.76. The van der Waals surface area contributed by atoms with E-state index < -0.39 is 23.3 Å². The first kappa shape index (κ1) is 32.7. The zero-order valence-electron chi connectivity index (χ0n) is 25.6. The van der Waals surface area contributed by atoms with Gasteiger partial charge in [-0.2, -0.15) is 0 Å². The van der Waals surface area contributed by atoms with Gasteiger partial charge in [-0.05, 0) is 76.6 Å². The van der Waals surface area contributed by atoms with Gasteiger partial charge in [0.1, 0.15) is 6.10 Å². The Hall–Kier alpha value is -3.54. The van der Waals surface area contributed by atoms with Crippen molar-refractivity contribution >= 4 is 23.3 Å². The second kappa shape index (κ2) is 14.2. The van der Waals surface area contributed by atoms with Crippen molar-refractivity contribution in [2.75, 3.05) is 6.61 Å². The van der Waals surface area contributed by atoms with Crippen molar-refractivity contribution in [3.05, 3.63) is 83.9 Å². The fraction of sp³-hybridized carbons (Fsp3) is 0.471. The van der Waals surface area contributed by atoms with Gasteiger partial charge in [-0.3, -0.25) is 0 Å². The molecule has 6 heteroatoms. The number of ether oxygens (including phenoxy) is 2. The number of rotatable bonds is 13. The molecule has 2 aromatic rings. The Balaban J connectivity index is 2.00. The van der Waals surface area contributed by atoms with E-state index in [2.05, 4.69) is 23.8 Å². The summed E-state index contributed by atoms with van der Waals surface area (Å²) in [5, 5.41) is 5.97. The molecule has 40 heavy (non-hydrogen) atoms. The predicted molar refractivity (Wildman–Crippen MR) is 165 cm³/mol. The minimum absolute atomic E-state index is 0.132. The van der Waals surface area contributed by atoms with Gasteiger partial charge in [0.25, 0.3) is 0 Å². The molecule has 0 aliphatic carbocycles. The molecule has 2 unspecified atom stereocenters. The highest BCUT2D eigenvalue weighted by Crippen LogP contribution is 2.25. The summed E-state index contributed by atoms with van der Waals surface area (Å²) < 4.78 is 11.6. The van der Waals surface area contributed by atoms with Gasteiger partial charge in [0.15, 0.2) is 0 Å². The number of hydrogen-bond donors (Lipinski definition) is 2. The van der Waals surface area contributed by atoms with Crippen LogP contribution in [0.4, 0.5) is 9.59 Å². The lowest BCUT2D eigenvalue weighted by molar-refractivity contribution is 0.0212. The molecule has 2 atom stereocenters. The van der Waals surface area contributed by atoms with E-state index in [0.29, 0.717) is 12.8 Å². The number of alkyl carbamates (subject to hydrolysis) is 2. The monoisotopic (exact) mass is 548 g/mol. The van der Waals surface area contributed by atoms with Crippen molar-refractivity contribution < 1.29 is 19.1 Å². The third-order valence-corrected chi connectivity index (χ3v) is 7.34. The van der Waals surface area contributed by atoms with Crippen LogP contribution >= 0.6 is 0 Å². The van der Waals surface area contributed by atoms with Crippen molar-refractivity contribution in [2.24, 2.45) is 5.92 Å². The maximum atomic E-state index is 13.0. The zero-order valence-corrected chi connectivity index (χ0v) is 25.6. The third kappa shape index (κ3) is 9.29. The standard InChI is InChI=1S/C34H48N2O4/c1-11-13-30(40-32(38)36-34(9,10)29-20-16-27(17-21-29)24(5)6)25(12-2)22-39-31(37)35-33(7,8)28-18-14-26(15-19-28)23(3)4/h14-21,25,30H,3,5,11-13,22H2,1-2,4,6-10H3,(H,35,37)(H,36,38). The minimum atomic E-state index is -0.631. The largest absolute Gasteiger partial charge is 0.449 e. The highest BCUT2D eigenvalue weighted by Gasteiger charge is 2.30. The highest BCUT2D eigenvalue weighted by atomic mass is 16.6. The Morgan fingerprint density at radius 3 is 1.57 bits per heavy atom. The third-order valence-electron chi connectivity index (χ3n) is 7.34. The Kier molecular flexibility index (Phi) is 11.6. The quantitative estimate of drug-likeness (QED) is 0.263. The highest BCUT2D eigenvalue weighted by molar-refractivity contribution is 5.70. The molecule has 0 aliphatic rings. The smallest absolute Gasteiger partial charge is 0.408 e. The summed E-state index contributed by atoms with van der Waals surface area (Å²) in [4.78, 5) is 25.8. The molecule has 0 fully saturated rings. The molecule has 2 aromatic carbocycles. The van der Waals surface area contributed by atoms with Gasteiger partial charge in [0, 0.05) is 5.92 Å². The number of amides is 2. The van der Waals surface area contributed by atoms with Crippen LogP contribution in [0.1, 0.15) is 96.9 Å². The van der Waals surface area contributed by atoms with Crippen LogP contribution in [0.2, 0.25) is 0 Å². The Labute approximate surface area is 241 Å². The van der Waals surface area contributed by atoms with Gasteiger partial charge >= 0.3 is 12.2 Å². The van der Waals surface area contributed by atoms with Crippen LogP contribution in [0.25, 0.3) is 11.1 Å². The van der Waals surface area contributed by atoms with Gasteiger partial charge in [-0.25, -0.2) is 9.59 Å². The normalized spacial score (nSPS) is 13.1. The van der Waals surface area contributed by atoms with Crippen LogP contribution < -0.4 is 10.6 Å². The molecule has 2 amide bonds. The van der Waals surface area contributed by atoms with Crippen LogP contribution in [0.15, 0.2) is 61.7 Å². The second-order valence-electron chi connectivity index (χ2n) is 11.7. The molecule has 0 aromatic heterocycles. The lowest BCUT2D eigenvalue weighted by Gasteiger charge is -2.31. The first-order valence-corrected chi connectivity index (χ1v) is 14.2. The van der Waals surface area contributed by atoms with E-state index in [-0.39, 0.29) is 18.6 Å². The molecule has 2 rings (SSSR count). The SMILES string of the molecule is C=C(C)c1ccc(C(C)(C)NC(=O)OCC(CC)C(CCC)OC(=O)NC(C)(C)c2ccc(C(=C)C)cc2)cc1. The van der Waals surface area contributed by atoms with Gasteiger partial charge < -0.3 is 20.1 Å². The van der Waals surface area contributed by atoms with Crippen molar-refractivity contribution in [3.63, 3.8) is 0 Å². The van der Waals surface area contributed by atoms with E-state index in [1.165, 1.54) is 0 Å². The Bertz CT molecular complexity index is 1160. The van der Waals surface area contributed by atoms with E-state index in [1.54, 1.807) is 0 Å². The van der Waals surface area contributed by atoms with Gasteiger partial charge in [0.05, 0.1) is 17.7 Å². The molecule has 6 nitrogen and oxygen atoms in total. The molecule has 0 saturated carbocycles. The molecule has 0 aliphatic heterocycles. The van der Waals surface area contributed by atoms with Crippen molar-refractivity contribution in [3.8, 4) is 0 Å². The molecule has 2 N–H and O–H groups in total. The number of benzene rings is 2. The summed E-state index contributed by atoms with van der Waals surface area (Å²) in [5.74, 6) is -0.132. The average Bonchev–Trinajstić information content (AvgIpc) is 2.88. The average molecular weight is 549 g/mol. The van der Waals surface area contributed by atoms with Crippen molar-refractivity contribution in [1.29, 1.82) is 0 Å². The molecule has 0 heterocycles. The fourth-order valence-electron chi connectivity index (χ4n) is 4.55. The number of hydrogen-bond acceptors (Lipinski definition) is 4. The second-order valence-corrected chi connectivity index (χ2v) is 11.7. The van der Waals surface area contributed by atoms with Crippen LogP contribution in [-0.4, -0.2) is 24.9 Å². The Morgan fingerprint density at radius 1 is 0.775 bits per heavy atom. The lowest BCUT2D eigenvalue weighted by Crippen LogP contribution is -2.44. The first-order chi connectivity index (χ1) is 18.7. The van der Waals surface area contributed by atoms with Crippen molar-refractivity contribution in [1.82, 2.24) is 10.6 Å². The van der Waals surface area contributed by atoms with Crippen LogP contribution in [-0.2, 0) is 20.6 Å². The van der Waals surface area contributed by atoms with E-state index in [4.69, 9.17) is 9.47 Å². The number of allylic oxidation sites excluding steroid dienone is 2. The minimum Gasteiger partial charge on any atom is -0.449 e. The van der Waals surface area contributed by atoms with Gasteiger partial charge in [-0.15, -0.1) is 0 Å². The van der Waals surface area contributed by atoms with Gasteiger partial charge in [0.2, 0.25) is 0 Å². The maximum Gasteiger partial charge on any atom is 0.408 e. The molecular formula is C34H48N2O4. The van der Waals surface area contributed by atoms with Crippen molar-refractivity contribution in [2.45, 2.75) is 91.8 Å². The summed E-state index contributed by atoms with van der Waals surface area (Å²) in [6.45, 7) is 23.8. The number of carbonyl (C=O) groups excluding carboxylic acids is 2. The molecule has 0 saturated heterocycles. The lowest BCUT2D eigenvalue weighted by atomic mass is 9.93. The van der Waals surface area contributed by atoms with Crippen LogP contribution in [0, 0.1) is 5.92 Å². The molecule has 0 radical (unpaired) electrons. The van der Waals surface area contributed by atoms with Crippen LogP contribution in [0.5, 0.6) is 0 Å². The molecule has 0 spiro atoms. The number of carbonyl (C=O) groups is 2.